The van der Waals surface area contributed by atoms with Crippen LogP contribution >= 0.6 is 37.1 Å². The lowest BCUT2D eigenvalue weighted by Crippen LogP contribution is -2.45. The van der Waals surface area contributed by atoms with Gasteiger partial charge >= 0.3 is 5.97 Å². The van der Waals surface area contributed by atoms with Gasteiger partial charge in [-0.2, -0.15) is 18.6 Å². The highest BCUT2D eigenvalue weighted by atomic mass is 32.2. The summed E-state index contributed by atoms with van der Waals surface area (Å²) in [5.41, 5.74) is 0.370. The van der Waals surface area contributed by atoms with Gasteiger partial charge in [0, 0.05) is 31.6 Å². The highest BCUT2D eigenvalue weighted by Gasteiger charge is 2.21. The molecule has 0 saturated carbocycles. The van der Waals surface area contributed by atoms with E-state index in [4.69, 9.17) is 4.28 Å². The molecule has 0 bridgehead atoms. The van der Waals surface area contributed by atoms with E-state index < -0.39 is 5.97 Å². The summed E-state index contributed by atoms with van der Waals surface area (Å²) in [6.45, 7) is 3.24. The molecule has 120 valence electrons. The molecule has 1 fully saturated rings. The van der Waals surface area contributed by atoms with E-state index in [1.165, 1.54) is 30.7 Å². The molecule has 0 atom stereocenters. The topological polar surface area (TPSA) is 58.1 Å². The fourth-order valence-electron chi connectivity index (χ4n) is 1.68. The lowest BCUT2D eigenvalue weighted by atomic mass is 10.4. The van der Waals surface area contributed by atoms with Crippen molar-refractivity contribution in [3.05, 3.63) is 11.1 Å². The lowest BCUT2D eigenvalue weighted by molar-refractivity contribution is -0.0447. The number of esters is 1. The molecule has 2 rings (SSSR count). The van der Waals surface area contributed by atoms with Crippen molar-refractivity contribution in [2.24, 2.45) is 0 Å². The zero-order valence-electron chi connectivity index (χ0n) is 12.2. The van der Waals surface area contributed by atoms with Gasteiger partial charge in [-0.3, -0.25) is 0 Å². The monoisotopic (exact) mass is 352 g/mol. The van der Waals surface area contributed by atoms with Crippen molar-refractivity contribution in [1.82, 2.24) is 14.4 Å². The van der Waals surface area contributed by atoms with Crippen LogP contribution in [-0.2, 0) is 9.02 Å². The summed E-state index contributed by atoms with van der Waals surface area (Å²) in [7, 11) is 5.23. The van der Waals surface area contributed by atoms with Gasteiger partial charge in [0.2, 0.25) is 0 Å². The maximum Gasteiger partial charge on any atom is 0.357 e. The van der Waals surface area contributed by atoms with Crippen molar-refractivity contribution in [2.45, 2.75) is 0 Å². The maximum absolute atomic E-state index is 11.4. The number of carbonyl (C=O) groups is 1. The molecule has 10 heteroatoms. The van der Waals surface area contributed by atoms with E-state index in [2.05, 4.69) is 14.6 Å². The van der Waals surface area contributed by atoms with Crippen LogP contribution < -0.4 is 4.90 Å². The van der Waals surface area contributed by atoms with Gasteiger partial charge < -0.3 is 9.64 Å². The molecule has 1 aromatic heterocycles. The second-order valence-electron chi connectivity index (χ2n) is 4.38. The molecule has 1 aromatic rings. The molecule has 2 heterocycles. The second kappa shape index (κ2) is 8.81. The van der Waals surface area contributed by atoms with Crippen LogP contribution in [0, 0.1) is 0 Å². The Morgan fingerprint density at radius 2 is 2.05 bits per heavy atom. The Kier molecular flexibility index (Phi) is 7.77. The van der Waals surface area contributed by atoms with Crippen LogP contribution in [0.5, 0.6) is 0 Å². The first-order valence-corrected chi connectivity index (χ1v) is 7.74. The number of methoxy groups -OCH3 is 1. The summed E-state index contributed by atoms with van der Waals surface area (Å²) in [5.74, 6) is -0.392. The minimum Gasteiger partial charge on any atom is -0.464 e. The predicted octanol–water partition coefficient (Wildman–Crippen LogP) is 1.22. The Hall–Kier alpha value is -0.520. The normalized spacial score (nSPS) is 15.9. The summed E-state index contributed by atoms with van der Waals surface area (Å²) in [6.07, 6.45) is 0. The van der Waals surface area contributed by atoms with E-state index in [1.54, 1.807) is 5.38 Å². The van der Waals surface area contributed by atoms with E-state index in [0.29, 0.717) is 5.69 Å². The molecule has 0 radical (unpaired) electrons. The first-order valence-electron chi connectivity index (χ1n) is 6.16. The summed E-state index contributed by atoms with van der Waals surface area (Å²) < 4.78 is 12.1. The number of thiazole rings is 1. The van der Waals surface area contributed by atoms with Crippen molar-refractivity contribution in [1.29, 1.82) is 0 Å². The molecule has 21 heavy (non-hydrogen) atoms. The standard InChI is InChI=1S/C11H18N4O3S2.H2S/c1-13(2)20-18-15-6-4-14(5-7-15)11-12-9(8-19-11)10(16)17-3;/h8H,4-7H2,1-3H3;1H2. The zero-order valence-corrected chi connectivity index (χ0v) is 14.9. The van der Waals surface area contributed by atoms with Gasteiger partial charge in [0.05, 0.1) is 7.11 Å². The number of hydrogen-bond donors (Lipinski definition) is 0. The number of rotatable bonds is 5. The second-order valence-corrected chi connectivity index (χ2v) is 6.25. The first-order chi connectivity index (χ1) is 9.60. The smallest absolute Gasteiger partial charge is 0.357 e. The van der Waals surface area contributed by atoms with Gasteiger partial charge in [-0.05, 0) is 14.1 Å². The zero-order chi connectivity index (χ0) is 14.5. The van der Waals surface area contributed by atoms with Gasteiger partial charge in [-0.1, -0.05) is 0 Å². The van der Waals surface area contributed by atoms with Crippen molar-refractivity contribution in [2.75, 3.05) is 52.3 Å². The molecule has 0 amide bonds. The summed E-state index contributed by atoms with van der Waals surface area (Å²) in [4.78, 5) is 17.8. The number of piperazine rings is 1. The average molecular weight is 353 g/mol. The van der Waals surface area contributed by atoms with Gasteiger partial charge in [-0.15, -0.1) is 11.3 Å². The van der Waals surface area contributed by atoms with Crippen LogP contribution in [0.1, 0.15) is 10.5 Å². The number of nitrogens with zero attached hydrogens (tertiary/aromatic N) is 4. The molecule has 0 N–H and O–H groups in total. The van der Waals surface area contributed by atoms with Gasteiger partial charge in [0.1, 0.15) is 12.2 Å². The predicted molar refractivity (Wildman–Crippen MR) is 90.0 cm³/mol. The van der Waals surface area contributed by atoms with E-state index in [0.717, 1.165) is 31.3 Å². The van der Waals surface area contributed by atoms with E-state index in [-0.39, 0.29) is 13.5 Å². The highest BCUT2D eigenvalue weighted by molar-refractivity contribution is 7.92. The van der Waals surface area contributed by atoms with E-state index in [1.807, 2.05) is 23.5 Å². The Bertz CT molecular complexity index is 450. The summed E-state index contributed by atoms with van der Waals surface area (Å²) in [6, 6.07) is 0. The third-order valence-electron chi connectivity index (χ3n) is 2.68. The van der Waals surface area contributed by atoms with Crippen LogP contribution in [0.25, 0.3) is 0 Å². The van der Waals surface area contributed by atoms with Crippen molar-refractivity contribution >= 4 is 48.2 Å². The van der Waals surface area contributed by atoms with Gasteiger partial charge in [-0.25, -0.2) is 18.4 Å². The average Bonchev–Trinajstić information content (AvgIpc) is 2.94. The molecule has 1 aliphatic heterocycles. The van der Waals surface area contributed by atoms with Gasteiger partial charge in [0.15, 0.2) is 10.8 Å². The lowest BCUT2D eigenvalue weighted by Gasteiger charge is -2.33. The van der Waals surface area contributed by atoms with Crippen LogP contribution in [0.15, 0.2) is 5.38 Å². The SMILES string of the molecule is COC(=O)c1csc(N2CCN(OSN(C)C)CC2)n1.S. The molecule has 1 aliphatic rings. The van der Waals surface area contributed by atoms with E-state index in [9.17, 15) is 4.79 Å². The number of carbonyl (C=O) groups excluding carboxylic acids is 1. The van der Waals surface area contributed by atoms with Crippen molar-refractivity contribution in [3.63, 3.8) is 0 Å². The maximum atomic E-state index is 11.4. The Morgan fingerprint density at radius 1 is 1.38 bits per heavy atom. The Morgan fingerprint density at radius 3 is 2.62 bits per heavy atom. The minimum atomic E-state index is -0.392. The number of ether oxygens (including phenoxy) is 1. The minimum absolute atomic E-state index is 0. The molecule has 0 aromatic carbocycles. The molecule has 1 saturated heterocycles. The van der Waals surface area contributed by atoms with Gasteiger partial charge in [0.25, 0.3) is 0 Å². The number of hydrogen-bond acceptors (Lipinski definition) is 9. The third kappa shape index (κ3) is 5.31. The highest BCUT2D eigenvalue weighted by Crippen LogP contribution is 2.23. The van der Waals surface area contributed by atoms with Crippen LogP contribution in [0.2, 0.25) is 0 Å². The number of aromatic nitrogens is 1. The van der Waals surface area contributed by atoms with Crippen LogP contribution in [0.3, 0.4) is 0 Å². The fourth-order valence-corrected chi connectivity index (χ4v) is 2.90. The molecule has 0 aliphatic carbocycles. The van der Waals surface area contributed by atoms with Crippen LogP contribution in [-0.4, -0.2) is 67.7 Å². The molecule has 0 spiro atoms. The number of anilines is 1. The summed E-state index contributed by atoms with van der Waals surface area (Å²) >= 11 is 2.77. The Balaban J connectivity index is 0.00000220. The largest absolute Gasteiger partial charge is 0.464 e. The first kappa shape index (κ1) is 18.5. The van der Waals surface area contributed by atoms with Crippen LogP contribution in [0.4, 0.5) is 5.13 Å². The molecule has 7 nitrogen and oxygen atoms in total. The van der Waals surface area contributed by atoms with Crippen molar-refractivity contribution in [3.8, 4) is 0 Å². The quantitative estimate of drug-likeness (QED) is 0.445. The van der Waals surface area contributed by atoms with Crippen molar-refractivity contribution < 1.29 is 13.8 Å². The number of hydroxylamine groups is 2. The fraction of sp³-hybridized carbons (Fsp3) is 0.636. The Labute approximate surface area is 139 Å². The summed E-state index contributed by atoms with van der Waals surface area (Å²) in [5, 5.41) is 4.51. The third-order valence-corrected chi connectivity index (χ3v) is 4.16. The van der Waals surface area contributed by atoms with E-state index >= 15 is 0 Å². The molecular formula is C11H20N4O3S3. The molecular weight excluding hydrogens is 332 g/mol. The molecule has 0 unspecified atom stereocenters.